The smallest absolute Gasteiger partial charge is 0.142 e. The number of hydrogen-bond donors (Lipinski definition) is 2. The van der Waals surface area contributed by atoms with Crippen molar-refractivity contribution < 1.29 is 9.84 Å². The van der Waals surface area contributed by atoms with Crippen LogP contribution in [0.1, 0.15) is 50.9 Å². The van der Waals surface area contributed by atoms with Gasteiger partial charge in [-0.3, -0.25) is 4.98 Å². The fourth-order valence-corrected chi connectivity index (χ4v) is 2.05. The first kappa shape index (κ1) is 15.3. The number of hydrogen-bond acceptors (Lipinski definition) is 4. The lowest BCUT2D eigenvalue weighted by Crippen LogP contribution is -2.34. The van der Waals surface area contributed by atoms with Crippen molar-refractivity contribution in [1.29, 1.82) is 0 Å². The fraction of sp³-hybridized carbons (Fsp3) is 0.688. The molecule has 1 heterocycles. The minimum atomic E-state index is -0.744. The molecular weight excluding hydrogens is 252 g/mol. The Morgan fingerprint density at radius 1 is 1.35 bits per heavy atom. The lowest BCUT2D eigenvalue weighted by molar-refractivity contribution is -0.0117. The molecule has 4 nitrogen and oxygen atoms in total. The van der Waals surface area contributed by atoms with E-state index in [0.29, 0.717) is 25.5 Å². The molecule has 2 rings (SSSR count). The SMILES string of the molecule is CCC(O)(CC)COc1ccc(C)nc1CNC1CC1. The number of nitrogens with one attached hydrogen (secondary N) is 1. The van der Waals surface area contributed by atoms with Crippen LogP contribution in [-0.2, 0) is 6.54 Å². The molecule has 0 bridgehead atoms. The monoisotopic (exact) mass is 278 g/mol. The Morgan fingerprint density at radius 2 is 2.05 bits per heavy atom. The number of aliphatic hydroxyl groups is 1. The zero-order valence-corrected chi connectivity index (χ0v) is 12.8. The van der Waals surface area contributed by atoms with E-state index < -0.39 is 5.60 Å². The van der Waals surface area contributed by atoms with Crippen LogP contribution in [0.4, 0.5) is 0 Å². The minimum Gasteiger partial charge on any atom is -0.489 e. The molecule has 20 heavy (non-hydrogen) atoms. The highest BCUT2D eigenvalue weighted by molar-refractivity contribution is 5.29. The van der Waals surface area contributed by atoms with Gasteiger partial charge in [0.1, 0.15) is 12.4 Å². The van der Waals surface area contributed by atoms with Gasteiger partial charge in [-0.25, -0.2) is 0 Å². The zero-order valence-electron chi connectivity index (χ0n) is 12.8. The number of ether oxygens (including phenoxy) is 1. The summed E-state index contributed by atoms with van der Waals surface area (Å²) in [5, 5.41) is 13.8. The second-order valence-corrected chi connectivity index (χ2v) is 5.77. The summed E-state index contributed by atoms with van der Waals surface area (Å²) in [4.78, 5) is 4.56. The molecule has 2 N–H and O–H groups in total. The molecule has 1 aromatic heterocycles. The molecule has 1 fully saturated rings. The van der Waals surface area contributed by atoms with Crippen molar-refractivity contribution in [3.63, 3.8) is 0 Å². The summed E-state index contributed by atoms with van der Waals surface area (Å²) in [5.41, 5.74) is 1.18. The summed E-state index contributed by atoms with van der Waals surface area (Å²) in [6.45, 7) is 7.00. The summed E-state index contributed by atoms with van der Waals surface area (Å²) in [5.74, 6) is 0.782. The van der Waals surface area contributed by atoms with Crippen LogP contribution >= 0.6 is 0 Å². The third-order valence-electron chi connectivity index (χ3n) is 4.02. The molecule has 0 aromatic carbocycles. The minimum absolute atomic E-state index is 0.321. The zero-order chi connectivity index (χ0) is 14.6. The second kappa shape index (κ2) is 6.55. The van der Waals surface area contributed by atoms with Crippen molar-refractivity contribution in [2.45, 2.75) is 64.6 Å². The average Bonchev–Trinajstić information content (AvgIpc) is 3.28. The van der Waals surface area contributed by atoms with Crippen molar-refractivity contribution in [1.82, 2.24) is 10.3 Å². The highest BCUT2D eigenvalue weighted by atomic mass is 16.5. The summed E-state index contributed by atoms with van der Waals surface area (Å²) in [6.07, 6.45) is 3.90. The lowest BCUT2D eigenvalue weighted by atomic mass is 9.99. The van der Waals surface area contributed by atoms with Crippen LogP contribution < -0.4 is 10.1 Å². The maximum atomic E-state index is 10.3. The first-order chi connectivity index (χ1) is 9.56. The van der Waals surface area contributed by atoms with E-state index >= 15 is 0 Å². The molecule has 0 spiro atoms. The van der Waals surface area contributed by atoms with Crippen molar-refractivity contribution in [2.75, 3.05) is 6.61 Å². The average molecular weight is 278 g/mol. The van der Waals surface area contributed by atoms with Crippen molar-refractivity contribution in [3.8, 4) is 5.75 Å². The Balaban J connectivity index is 2.01. The van der Waals surface area contributed by atoms with Crippen LogP contribution in [-0.4, -0.2) is 28.3 Å². The van der Waals surface area contributed by atoms with Crippen molar-refractivity contribution in [3.05, 3.63) is 23.5 Å². The van der Waals surface area contributed by atoms with Gasteiger partial charge in [0, 0.05) is 18.3 Å². The Kier molecular flexibility index (Phi) is 5.00. The molecule has 0 saturated heterocycles. The van der Waals surface area contributed by atoms with Crippen LogP contribution in [0.5, 0.6) is 5.75 Å². The molecular formula is C16H26N2O2. The molecule has 1 aliphatic carbocycles. The van der Waals surface area contributed by atoms with E-state index in [-0.39, 0.29) is 0 Å². The highest BCUT2D eigenvalue weighted by Crippen LogP contribution is 2.23. The topological polar surface area (TPSA) is 54.4 Å². The van der Waals surface area contributed by atoms with Gasteiger partial charge in [0.25, 0.3) is 0 Å². The van der Waals surface area contributed by atoms with E-state index in [1.165, 1.54) is 12.8 Å². The maximum absolute atomic E-state index is 10.3. The normalized spacial score (nSPS) is 15.4. The predicted molar refractivity (Wildman–Crippen MR) is 79.9 cm³/mol. The van der Waals surface area contributed by atoms with Gasteiger partial charge in [-0.05, 0) is 44.7 Å². The molecule has 0 atom stereocenters. The van der Waals surface area contributed by atoms with Gasteiger partial charge in [-0.1, -0.05) is 13.8 Å². The maximum Gasteiger partial charge on any atom is 0.142 e. The fourth-order valence-electron chi connectivity index (χ4n) is 2.05. The Morgan fingerprint density at radius 3 is 2.65 bits per heavy atom. The predicted octanol–water partition coefficient (Wildman–Crippen LogP) is 2.57. The van der Waals surface area contributed by atoms with Crippen LogP contribution in [0.2, 0.25) is 0 Å². The Bertz CT molecular complexity index is 440. The van der Waals surface area contributed by atoms with E-state index in [9.17, 15) is 5.11 Å². The van der Waals surface area contributed by atoms with E-state index in [0.717, 1.165) is 23.7 Å². The van der Waals surface area contributed by atoms with Crippen molar-refractivity contribution >= 4 is 0 Å². The number of rotatable bonds is 8. The van der Waals surface area contributed by atoms with E-state index in [2.05, 4.69) is 10.3 Å². The van der Waals surface area contributed by atoms with Gasteiger partial charge in [-0.2, -0.15) is 0 Å². The summed E-state index contributed by atoms with van der Waals surface area (Å²) < 4.78 is 5.84. The molecule has 4 heteroatoms. The largest absolute Gasteiger partial charge is 0.489 e. The van der Waals surface area contributed by atoms with Crippen LogP contribution in [0, 0.1) is 6.92 Å². The van der Waals surface area contributed by atoms with Gasteiger partial charge in [0.05, 0.1) is 11.3 Å². The number of aromatic nitrogens is 1. The van der Waals surface area contributed by atoms with Gasteiger partial charge >= 0.3 is 0 Å². The highest BCUT2D eigenvalue weighted by Gasteiger charge is 2.24. The van der Waals surface area contributed by atoms with Crippen LogP contribution in [0.3, 0.4) is 0 Å². The summed E-state index contributed by atoms with van der Waals surface area (Å²) in [7, 11) is 0. The standard InChI is InChI=1S/C16H26N2O2/c1-4-16(19,5-2)11-20-15-9-6-12(3)18-14(15)10-17-13-7-8-13/h6,9,13,17,19H,4-5,7-8,10-11H2,1-3H3. The second-order valence-electron chi connectivity index (χ2n) is 5.77. The number of pyridine rings is 1. The summed E-state index contributed by atoms with van der Waals surface area (Å²) in [6, 6.07) is 4.55. The molecule has 0 amide bonds. The number of aryl methyl sites for hydroxylation is 1. The third-order valence-corrected chi connectivity index (χ3v) is 4.02. The Hall–Kier alpha value is -1.13. The van der Waals surface area contributed by atoms with Gasteiger partial charge in [0.15, 0.2) is 0 Å². The first-order valence-electron chi connectivity index (χ1n) is 7.61. The number of nitrogens with zero attached hydrogens (tertiary/aromatic N) is 1. The molecule has 0 unspecified atom stereocenters. The molecule has 1 aromatic rings. The van der Waals surface area contributed by atoms with Gasteiger partial charge < -0.3 is 15.2 Å². The molecule has 112 valence electrons. The van der Waals surface area contributed by atoms with Crippen LogP contribution in [0.15, 0.2) is 12.1 Å². The first-order valence-corrected chi connectivity index (χ1v) is 7.61. The quantitative estimate of drug-likeness (QED) is 0.767. The van der Waals surface area contributed by atoms with E-state index in [1.807, 2.05) is 32.9 Å². The van der Waals surface area contributed by atoms with Gasteiger partial charge in [-0.15, -0.1) is 0 Å². The lowest BCUT2D eigenvalue weighted by Gasteiger charge is -2.25. The molecule has 1 saturated carbocycles. The summed E-state index contributed by atoms with van der Waals surface area (Å²) >= 11 is 0. The van der Waals surface area contributed by atoms with Gasteiger partial charge in [0.2, 0.25) is 0 Å². The van der Waals surface area contributed by atoms with Crippen molar-refractivity contribution in [2.24, 2.45) is 0 Å². The molecule has 0 aliphatic heterocycles. The molecule has 0 radical (unpaired) electrons. The van der Waals surface area contributed by atoms with Crippen LogP contribution in [0.25, 0.3) is 0 Å². The third kappa shape index (κ3) is 4.18. The van der Waals surface area contributed by atoms with E-state index in [1.54, 1.807) is 0 Å². The Labute approximate surface area is 121 Å². The van der Waals surface area contributed by atoms with E-state index in [4.69, 9.17) is 4.74 Å². The molecule has 1 aliphatic rings.